The lowest BCUT2D eigenvalue weighted by atomic mass is 9.98. The number of benzene rings is 2. The van der Waals surface area contributed by atoms with Crippen molar-refractivity contribution in [3.8, 4) is 11.1 Å². The van der Waals surface area contributed by atoms with Gasteiger partial charge in [-0.05, 0) is 35.1 Å². The summed E-state index contributed by atoms with van der Waals surface area (Å²) in [6, 6.07) is 16.2. The fourth-order valence-electron chi connectivity index (χ4n) is 4.13. The summed E-state index contributed by atoms with van der Waals surface area (Å²) < 4.78 is 11.1. The molecule has 2 aromatic rings. The van der Waals surface area contributed by atoms with Gasteiger partial charge >= 0.3 is 12.1 Å². The molecule has 9 nitrogen and oxygen atoms in total. The molecule has 1 saturated heterocycles. The Morgan fingerprint density at radius 1 is 1.00 bits per heavy atom. The summed E-state index contributed by atoms with van der Waals surface area (Å²) in [6.45, 7) is -0.209. The SMILES string of the molecule is O=C(O)CONC(=O)C1CCC(CNC(=O)OCC2c3ccccc3-c3ccccc32)O1. The first-order chi connectivity index (χ1) is 15.5. The van der Waals surface area contributed by atoms with Gasteiger partial charge in [0.1, 0.15) is 12.7 Å². The second-order valence-corrected chi connectivity index (χ2v) is 7.68. The Morgan fingerprint density at radius 3 is 2.31 bits per heavy atom. The van der Waals surface area contributed by atoms with Crippen molar-refractivity contribution in [3.05, 3.63) is 59.7 Å². The van der Waals surface area contributed by atoms with Crippen molar-refractivity contribution in [1.29, 1.82) is 0 Å². The molecule has 2 aromatic carbocycles. The van der Waals surface area contributed by atoms with E-state index in [9.17, 15) is 14.4 Å². The van der Waals surface area contributed by atoms with Crippen LogP contribution in [0.15, 0.2) is 48.5 Å². The number of amides is 2. The third-order valence-electron chi connectivity index (χ3n) is 5.59. The van der Waals surface area contributed by atoms with Crippen LogP contribution in [0.1, 0.15) is 29.9 Å². The molecule has 3 N–H and O–H groups in total. The Morgan fingerprint density at radius 2 is 1.66 bits per heavy atom. The predicted molar refractivity (Wildman–Crippen MR) is 113 cm³/mol. The number of hydrogen-bond donors (Lipinski definition) is 3. The number of hydrogen-bond acceptors (Lipinski definition) is 6. The van der Waals surface area contributed by atoms with Gasteiger partial charge in [-0.3, -0.25) is 9.63 Å². The number of carbonyl (C=O) groups excluding carboxylic acids is 2. The highest BCUT2D eigenvalue weighted by molar-refractivity contribution is 5.80. The van der Waals surface area contributed by atoms with Gasteiger partial charge in [-0.15, -0.1) is 0 Å². The molecule has 0 spiro atoms. The average molecular weight is 440 g/mol. The highest BCUT2D eigenvalue weighted by Gasteiger charge is 2.32. The van der Waals surface area contributed by atoms with E-state index in [2.05, 4.69) is 39.9 Å². The average Bonchev–Trinajstić information content (AvgIpc) is 3.39. The highest BCUT2D eigenvalue weighted by atomic mass is 16.7. The molecule has 0 aromatic heterocycles. The van der Waals surface area contributed by atoms with E-state index in [0.29, 0.717) is 12.8 Å². The van der Waals surface area contributed by atoms with E-state index in [1.807, 2.05) is 24.3 Å². The first kappa shape index (κ1) is 21.8. The molecule has 1 heterocycles. The summed E-state index contributed by atoms with van der Waals surface area (Å²) in [6.07, 6.45) is -0.628. The van der Waals surface area contributed by atoms with Crippen molar-refractivity contribution in [1.82, 2.24) is 10.8 Å². The van der Waals surface area contributed by atoms with Gasteiger partial charge in [0, 0.05) is 12.5 Å². The topological polar surface area (TPSA) is 123 Å². The zero-order valence-electron chi connectivity index (χ0n) is 17.3. The monoisotopic (exact) mass is 440 g/mol. The second kappa shape index (κ2) is 9.80. The normalized spacial score (nSPS) is 19.1. The first-order valence-corrected chi connectivity index (χ1v) is 10.4. The Kier molecular flexibility index (Phi) is 6.67. The quantitative estimate of drug-likeness (QED) is 0.538. The molecular formula is C23H24N2O7. The number of nitrogens with one attached hydrogen (secondary N) is 2. The van der Waals surface area contributed by atoms with Gasteiger partial charge in [0.25, 0.3) is 5.91 Å². The van der Waals surface area contributed by atoms with Crippen molar-refractivity contribution < 1.29 is 33.8 Å². The standard InChI is InChI=1S/C23H24N2O7/c26-21(27)13-31-25-22(28)20-10-9-14(32-20)11-24-23(29)30-12-19-17-7-3-1-5-15(17)16-6-2-4-8-18(16)19/h1-8,14,19-20H,9-13H2,(H,24,29)(H,25,28)(H,26,27). The van der Waals surface area contributed by atoms with E-state index < -0.39 is 30.7 Å². The molecule has 1 aliphatic heterocycles. The van der Waals surface area contributed by atoms with E-state index >= 15 is 0 Å². The van der Waals surface area contributed by atoms with Gasteiger partial charge in [0.15, 0.2) is 6.61 Å². The maximum absolute atomic E-state index is 12.3. The Labute approximate surface area is 184 Å². The van der Waals surface area contributed by atoms with E-state index in [4.69, 9.17) is 14.6 Å². The molecule has 2 aliphatic rings. The van der Waals surface area contributed by atoms with Gasteiger partial charge in [-0.2, -0.15) is 0 Å². The van der Waals surface area contributed by atoms with Crippen LogP contribution in [0.2, 0.25) is 0 Å². The summed E-state index contributed by atoms with van der Waals surface area (Å²) in [5, 5.41) is 11.2. The number of aliphatic carboxylic acids is 1. The lowest BCUT2D eigenvalue weighted by Crippen LogP contribution is -2.38. The van der Waals surface area contributed by atoms with Gasteiger partial charge in [0.2, 0.25) is 0 Å². The summed E-state index contributed by atoms with van der Waals surface area (Å²) >= 11 is 0. The van der Waals surface area contributed by atoms with Crippen LogP contribution in [0.4, 0.5) is 4.79 Å². The predicted octanol–water partition coefficient (Wildman–Crippen LogP) is 2.21. The molecular weight excluding hydrogens is 416 g/mol. The minimum Gasteiger partial charge on any atom is -0.479 e. The van der Waals surface area contributed by atoms with Crippen LogP contribution in [-0.4, -0.2) is 55.0 Å². The Bertz CT molecular complexity index is 964. The molecule has 2 unspecified atom stereocenters. The fraction of sp³-hybridized carbons (Fsp3) is 0.348. The summed E-state index contributed by atoms with van der Waals surface area (Å²) in [5.41, 5.74) is 6.65. The third-order valence-corrected chi connectivity index (χ3v) is 5.59. The molecule has 32 heavy (non-hydrogen) atoms. The maximum atomic E-state index is 12.3. The molecule has 168 valence electrons. The molecule has 0 saturated carbocycles. The minimum absolute atomic E-state index is 0.0187. The largest absolute Gasteiger partial charge is 0.479 e. The molecule has 9 heteroatoms. The van der Waals surface area contributed by atoms with Gasteiger partial charge in [-0.25, -0.2) is 15.1 Å². The van der Waals surface area contributed by atoms with Crippen molar-refractivity contribution in [2.24, 2.45) is 0 Å². The van der Waals surface area contributed by atoms with Gasteiger partial charge in [0.05, 0.1) is 6.10 Å². The van der Waals surface area contributed by atoms with Crippen LogP contribution in [0.3, 0.4) is 0 Å². The molecule has 1 aliphatic carbocycles. The summed E-state index contributed by atoms with van der Waals surface area (Å²) in [7, 11) is 0. The van der Waals surface area contributed by atoms with E-state index in [-0.39, 0.29) is 25.2 Å². The number of ether oxygens (including phenoxy) is 2. The number of fused-ring (bicyclic) bond motifs is 3. The molecule has 2 atom stereocenters. The number of carbonyl (C=O) groups is 3. The van der Waals surface area contributed by atoms with Crippen molar-refractivity contribution >= 4 is 18.0 Å². The van der Waals surface area contributed by atoms with Crippen molar-refractivity contribution in [2.45, 2.75) is 31.0 Å². The van der Waals surface area contributed by atoms with E-state index in [0.717, 1.165) is 22.3 Å². The molecule has 0 radical (unpaired) electrons. The number of hydroxylamine groups is 1. The smallest absolute Gasteiger partial charge is 0.407 e. The van der Waals surface area contributed by atoms with Crippen molar-refractivity contribution in [2.75, 3.05) is 19.8 Å². The van der Waals surface area contributed by atoms with E-state index in [1.165, 1.54) is 0 Å². The lowest BCUT2D eigenvalue weighted by molar-refractivity contribution is -0.153. The van der Waals surface area contributed by atoms with Gasteiger partial charge < -0.3 is 19.9 Å². The lowest BCUT2D eigenvalue weighted by Gasteiger charge is -2.16. The van der Waals surface area contributed by atoms with Crippen molar-refractivity contribution in [3.63, 3.8) is 0 Å². The number of alkyl carbamates (subject to hydrolysis) is 1. The second-order valence-electron chi connectivity index (χ2n) is 7.68. The van der Waals surface area contributed by atoms with Crippen LogP contribution in [0.25, 0.3) is 11.1 Å². The zero-order valence-corrected chi connectivity index (χ0v) is 17.3. The van der Waals surface area contributed by atoms with Crippen LogP contribution >= 0.6 is 0 Å². The molecule has 0 bridgehead atoms. The summed E-state index contributed by atoms with van der Waals surface area (Å²) in [4.78, 5) is 39.1. The summed E-state index contributed by atoms with van der Waals surface area (Å²) in [5.74, 6) is -1.76. The molecule has 4 rings (SSSR count). The van der Waals surface area contributed by atoms with Crippen LogP contribution < -0.4 is 10.8 Å². The first-order valence-electron chi connectivity index (χ1n) is 10.4. The minimum atomic E-state index is -1.19. The number of carboxylic acid groups (broad SMARTS) is 1. The fourth-order valence-corrected chi connectivity index (χ4v) is 4.13. The van der Waals surface area contributed by atoms with Crippen LogP contribution in [-0.2, 0) is 23.9 Å². The zero-order chi connectivity index (χ0) is 22.5. The van der Waals surface area contributed by atoms with E-state index in [1.54, 1.807) is 0 Å². The maximum Gasteiger partial charge on any atom is 0.407 e. The highest BCUT2D eigenvalue weighted by Crippen LogP contribution is 2.44. The Balaban J connectivity index is 1.23. The molecule has 1 fully saturated rings. The number of rotatable bonds is 8. The molecule has 2 amide bonds. The Hall–Kier alpha value is -3.43. The third kappa shape index (κ3) is 4.90. The number of carboxylic acids is 1. The van der Waals surface area contributed by atoms with Gasteiger partial charge in [-0.1, -0.05) is 48.5 Å². The van der Waals surface area contributed by atoms with Crippen LogP contribution in [0.5, 0.6) is 0 Å². The van der Waals surface area contributed by atoms with Crippen LogP contribution in [0, 0.1) is 0 Å².